The van der Waals surface area contributed by atoms with Crippen LogP contribution in [0.5, 0.6) is 0 Å². The van der Waals surface area contributed by atoms with E-state index in [1.54, 1.807) is 12.1 Å². The van der Waals surface area contributed by atoms with E-state index in [-0.39, 0.29) is 4.90 Å². The number of anilines is 1. The predicted octanol–water partition coefficient (Wildman–Crippen LogP) is 4.69. The fourth-order valence-corrected chi connectivity index (χ4v) is 4.51. The van der Waals surface area contributed by atoms with Gasteiger partial charge < -0.3 is 0 Å². The van der Waals surface area contributed by atoms with Crippen LogP contribution in [0.2, 0.25) is 0 Å². The summed E-state index contributed by atoms with van der Waals surface area (Å²) in [6.07, 6.45) is 2.21. The molecule has 0 saturated carbocycles. The molecule has 0 bridgehead atoms. The normalized spacial score (nSPS) is 17.0. The summed E-state index contributed by atoms with van der Waals surface area (Å²) in [5.74, 6) is 0.491. The van der Waals surface area contributed by atoms with Crippen molar-refractivity contribution in [3.8, 4) is 0 Å². The summed E-state index contributed by atoms with van der Waals surface area (Å²) >= 11 is 0. The molecule has 0 saturated heterocycles. The molecule has 3 aromatic rings. The molecule has 1 atom stereocenters. The van der Waals surface area contributed by atoms with E-state index in [0.717, 1.165) is 23.6 Å². The second-order valence-corrected chi connectivity index (χ2v) is 8.15. The summed E-state index contributed by atoms with van der Waals surface area (Å²) < 4.78 is 28.2. The van der Waals surface area contributed by atoms with Crippen LogP contribution >= 0.6 is 0 Å². The highest BCUT2D eigenvalue weighted by molar-refractivity contribution is 7.92. The van der Waals surface area contributed by atoms with E-state index < -0.39 is 10.0 Å². The number of nitrogens with one attached hydrogen (secondary N) is 1. The van der Waals surface area contributed by atoms with Crippen LogP contribution < -0.4 is 4.72 Å². The van der Waals surface area contributed by atoms with Gasteiger partial charge in [-0.1, -0.05) is 43.3 Å². The molecule has 3 nitrogen and oxygen atoms in total. The molecule has 1 aliphatic rings. The van der Waals surface area contributed by atoms with Gasteiger partial charge in [-0.2, -0.15) is 0 Å². The standard InChI is InChI=1S/C20H19NO2S/c1-14-6-7-16-8-10-18(13-20(14)16)21-24(22,23)19-11-9-15-4-2-3-5-17(15)12-19/h2-5,8-14,21H,6-7H2,1H3. The van der Waals surface area contributed by atoms with Crippen LogP contribution in [0.3, 0.4) is 0 Å². The summed E-state index contributed by atoms with van der Waals surface area (Å²) in [5, 5.41) is 1.95. The van der Waals surface area contributed by atoms with Gasteiger partial charge in [0.25, 0.3) is 10.0 Å². The van der Waals surface area contributed by atoms with E-state index in [9.17, 15) is 8.42 Å². The Morgan fingerprint density at radius 3 is 2.58 bits per heavy atom. The van der Waals surface area contributed by atoms with Crippen molar-refractivity contribution in [1.29, 1.82) is 0 Å². The topological polar surface area (TPSA) is 46.2 Å². The lowest BCUT2D eigenvalue weighted by Crippen LogP contribution is -2.13. The maximum absolute atomic E-state index is 12.7. The largest absolute Gasteiger partial charge is 0.280 e. The number of sulfonamides is 1. The molecule has 1 aliphatic carbocycles. The molecule has 0 aromatic heterocycles. The van der Waals surface area contributed by atoms with Crippen LogP contribution in [-0.4, -0.2) is 8.42 Å². The number of hydrogen-bond acceptors (Lipinski definition) is 2. The molecule has 24 heavy (non-hydrogen) atoms. The Bertz CT molecular complexity index is 1020. The molecule has 0 heterocycles. The average Bonchev–Trinajstić information content (AvgIpc) is 2.95. The molecule has 0 aliphatic heterocycles. The van der Waals surface area contributed by atoms with E-state index in [1.165, 1.54) is 11.1 Å². The fraction of sp³-hybridized carbons (Fsp3) is 0.200. The number of aryl methyl sites for hydroxylation is 1. The van der Waals surface area contributed by atoms with Gasteiger partial charge in [-0.25, -0.2) is 8.42 Å². The Labute approximate surface area is 142 Å². The van der Waals surface area contributed by atoms with Crippen LogP contribution in [0.4, 0.5) is 5.69 Å². The van der Waals surface area contributed by atoms with Gasteiger partial charge in [-0.15, -0.1) is 0 Å². The SMILES string of the molecule is CC1CCc2ccc(NS(=O)(=O)c3ccc4ccccc4c3)cc21. The Morgan fingerprint density at radius 2 is 1.75 bits per heavy atom. The quantitative estimate of drug-likeness (QED) is 0.753. The van der Waals surface area contributed by atoms with Gasteiger partial charge in [0.15, 0.2) is 0 Å². The molecule has 3 aromatic carbocycles. The first-order valence-electron chi connectivity index (χ1n) is 8.17. The number of fused-ring (bicyclic) bond motifs is 2. The van der Waals surface area contributed by atoms with E-state index in [1.807, 2.05) is 48.5 Å². The minimum Gasteiger partial charge on any atom is -0.280 e. The van der Waals surface area contributed by atoms with Gasteiger partial charge in [0.05, 0.1) is 4.90 Å². The smallest absolute Gasteiger partial charge is 0.261 e. The maximum Gasteiger partial charge on any atom is 0.261 e. The number of rotatable bonds is 3. The average molecular weight is 337 g/mol. The molecular formula is C20H19NO2S. The first kappa shape index (κ1) is 15.2. The van der Waals surface area contributed by atoms with Crippen molar-refractivity contribution in [2.45, 2.75) is 30.6 Å². The second-order valence-electron chi connectivity index (χ2n) is 6.47. The molecule has 0 spiro atoms. The van der Waals surface area contributed by atoms with E-state index in [4.69, 9.17) is 0 Å². The first-order valence-corrected chi connectivity index (χ1v) is 9.66. The maximum atomic E-state index is 12.7. The highest BCUT2D eigenvalue weighted by Crippen LogP contribution is 2.34. The fourth-order valence-electron chi connectivity index (χ4n) is 3.42. The van der Waals surface area contributed by atoms with Crippen LogP contribution in [0.25, 0.3) is 10.8 Å². The molecule has 122 valence electrons. The Balaban J connectivity index is 1.68. The Hall–Kier alpha value is -2.33. The molecular weight excluding hydrogens is 318 g/mol. The zero-order chi connectivity index (χ0) is 16.7. The van der Waals surface area contributed by atoms with Gasteiger partial charge in [-0.05, 0) is 64.9 Å². The van der Waals surface area contributed by atoms with Crippen molar-refractivity contribution in [2.75, 3.05) is 4.72 Å². The van der Waals surface area contributed by atoms with Crippen molar-refractivity contribution in [1.82, 2.24) is 0 Å². The number of benzene rings is 3. The van der Waals surface area contributed by atoms with Crippen LogP contribution in [0.1, 0.15) is 30.4 Å². The molecule has 4 rings (SSSR count). The molecule has 0 amide bonds. The zero-order valence-electron chi connectivity index (χ0n) is 13.5. The lowest BCUT2D eigenvalue weighted by atomic mass is 10.0. The molecule has 0 fully saturated rings. The van der Waals surface area contributed by atoms with Gasteiger partial charge in [0.2, 0.25) is 0 Å². The van der Waals surface area contributed by atoms with Crippen molar-refractivity contribution in [2.24, 2.45) is 0 Å². The van der Waals surface area contributed by atoms with Crippen molar-refractivity contribution in [3.63, 3.8) is 0 Å². The van der Waals surface area contributed by atoms with Gasteiger partial charge >= 0.3 is 0 Å². The first-order chi connectivity index (χ1) is 11.5. The van der Waals surface area contributed by atoms with Crippen LogP contribution in [-0.2, 0) is 16.4 Å². The van der Waals surface area contributed by atoms with E-state index >= 15 is 0 Å². The highest BCUT2D eigenvalue weighted by Gasteiger charge is 2.20. The summed E-state index contributed by atoms with van der Waals surface area (Å²) in [6.45, 7) is 2.19. The lowest BCUT2D eigenvalue weighted by Gasteiger charge is -2.12. The van der Waals surface area contributed by atoms with Gasteiger partial charge in [0, 0.05) is 5.69 Å². The van der Waals surface area contributed by atoms with Gasteiger partial charge in [0.1, 0.15) is 0 Å². The van der Waals surface area contributed by atoms with E-state index in [0.29, 0.717) is 11.6 Å². The van der Waals surface area contributed by atoms with Gasteiger partial charge in [-0.3, -0.25) is 4.72 Å². The summed E-state index contributed by atoms with van der Waals surface area (Å²) in [4.78, 5) is 0.287. The van der Waals surface area contributed by atoms with Crippen molar-refractivity contribution in [3.05, 3.63) is 71.8 Å². The Kier molecular flexibility index (Phi) is 3.57. The Morgan fingerprint density at radius 1 is 0.958 bits per heavy atom. The highest BCUT2D eigenvalue weighted by atomic mass is 32.2. The van der Waals surface area contributed by atoms with Crippen molar-refractivity contribution < 1.29 is 8.42 Å². The lowest BCUT2D eigenvalue weighted by molar-refractivity contribution is 0.601. The third kappa shape index (κ3) is 2.67. The van der Waals surface area contributed by atoms with Crippen LogP contribution in [0, 0.1) is 0 Å². The summed E-state index contributed by atoms with van der Waals surface area (Å²) in [6, 6.07) is 18.8. The molecule has 0 radical (unpaired) electrons. The summed E-state index contributed by atoms with van der Waals surface area (Å²) in [7, 11) is -3.59. The minimum atomic E-state index is -3.59. The number of hydrogen-bond donors (Lipinski definition) is 1. The minimum absolute atomic E-state index is 0.287. The van der Waals surface area contributed by atoms with Crippen molar-refractivity contribution >= 4 is 26.5 Å². The molecule has 1 N–H and O–H groups in total. The third-order valence-corrected chi connectivity index (χ3v) is 6.19. The van der Waals surface area contributed by atoms with E-state index in [2.05, 4.69) is 11.6 Å². The zero-order valence-corrected chi connectivity index (χ0v) is 14.3. The summed E-state index contributed by atoms with van der Waals surface area (Å²) in [5.41, 5.74) is 3.22. The molecule has 4 heteroatoms. The van der Waals surface area contributed by atoms with Crippen LogP contribution in [0.15, 0.2) is 65.6 Å². The monoisotopic (exact) mass is 337 g/mol. The second kappa shape index (κ2) is 5.64. The molecule has 1 unspecified atom stereocenters. The third-order valence-electron chi connectivity index (χ3n) is 4.81. The predicted molar refractivity (Wildman–Crippen MR) is 97.9 cm³/mol.